The van der Waals surface area contributed by atoms with E-state index in [1.165, 1.54) is 5.56 Å². The zero-order valence-electron chi connectivity index (χ0n) is 18.4. The Morgan fingerprint density at radius 1 is 1.03 bits per heavy atom. The molecule has 0 bridgehead atoms. The summed E-state index contributed by atoms with van der Waals surface area (Å²) in [5.74, 6) is 0.0124. The number of ether oxygens (including phenoxy) is 1. The number of nitrogens with zero attached hydrogens (tertiary/aromatic N) is 3. The molecule has 0 aromatic heterocycles. The van der Waals surface area contributed by atoms with Gasteiger partial charge in [0.1, 0.15) is 5.31 Å². The van der Waals surface area contributed by atoms with Crippen molar-refractivity contribution in [2.45, 2.75) is 19.3 Å². The molecule has 2 aromatic rings. The second-order valence-corrected chi connectivity index (χ2v) is 12.4. The summed E-state index contributed by atoms with van der Waals surface area (Å²) < 4.78 is 14.3. The summed E-state index contributed by atoms with van der Waals surface area (Å²) in [6.45, 7) is 6.66. The van der Waals surface area contributed by atoms with Crippen molar-refractivity contribution in [1.29, 1.82) is 0 Å². The number of morpholine rings is 1. The Balaban J connectivity index is 1.74. The monoisotopic (exact) mass is 467 g/mol. The Labute approximate surface area is 193 Å². The Kier molecular flexibility index (Phi) is 5.33. The minimum Gasteiger partial charge on any atom is -0.430 e. The quantitative estimate of drug-likeness (QED) is 0.486. The lowest BCUT2D eigenvalue weighted by Crippen LogP contribution is -2.39. The van der Waals surface area contributed by atoms with E-state index in [1.807, 2.05) is 49.5 Å². The zero-order valence-corrected chi connectivity index (χ0v) is 20.2. The Morgan fingerprint density at radius 2 is 1.69 bits per heavy atom. The molecule has 1 unspecified atom stereocenters. The molecule has 0 aliphatic carbocycles. The van der Waals surface area contributed by atoms with Gasteiger partial charge >= 0.3 is 0 Å². The number of benzene rings is 2. The standard InChI is InChI=1S/C24H26N3O3PS/c1-24(2)18-11-7-8-12-19(18)26(3)21(24)20-22(28)25-23(17-9-5-4-6-10-17)30-31(20,32)27-13-15-29-16-14-27/h4-12H,13-16H2,1-3H3/b21-20+. The molecule has 32 heavy (non-hydrogen) atoms. The van der Waals surface area contributed by atoms with Crippen LogP contribution >= 0.6 is 6.42 Å². The van der Waals surface area contributed by atoms with Crippen molar-refractivity contribution in [3.05, 3.63) is 76.7 Å². The van der Waals surface area contributed by atoms with E-state index in [2.05, 4.69) is 40.5 Å². The van der Waals surface area contributed by atoms with E-state index < -0.39 is 11.8 Å². The van der Waals surface area contributed by atoms with Crippen LogP contribution in [0.25, 0.3) is 0 Å². The second kappa shape index (κ2) is 7.92. The normalized spacial score (nSPS) is 27.7. The molecule has 5 rings (SSSR count). The van der Waals surface area contributed by atoms with Crippen LogP contribution in [-0.4, -0.2) is 49.8 Å². The number of hydrogen-bond donors (Lipinski definition) is 0. The van der Waals surface area contributed by atoms with E-state index in [4.69, 9.17) is 21.1 Å². The highest BCUT2D eigenvalue weighted by atomic mass is 32.4. The predicted octanol–water partition coefficient (Wildman–Crippen LogP) is 4.27. The smallest absolute Gasteiger partial charge is 0.287 e. The zero-order chi connectivity index (χ0) is 22.5. The molecule has 1 amide bonds. The number of hydrogen-bond acceptors (Lipinski definition) is 5. The third kappa shape index (κ3) is 3.27. The lowest BCUT2D eigenvalue weighted by Gasteiger charge is -2.41. The number of anilines is 1. The average molecular weight is 468 g/mol. The van der Waals surface area contributed by atoms with Gasteiger partial charge in [-0.05, 0) is 35.6 Å². The topological polar surface area (TPSA) is 54.4 Å². The summed E-state index contributed by atoms with van der Waals surface area (Å²) in [5.41, 5.74) is 3.48. The van der Waals surface area contributed by atoms with Gasteiger partial charge in [-0.3, -0.25) is 4.79 Å². The molecule has 3 aliphatic rings. The minimum atomic E-state index is -2.93. The first-order valence-corrected chi connectivity index (χ1v) is 13.4. The molecule has 2 aromatic carbocycles. The van der Waals surface area contributed by atoms with Crippen molar-refractivity contribution in [2.24, 2.45) is 4.99 Å². The van der Waals surface area contributed by atoms with Crippen LogP contribution in [0.15, 0.2) is 70.6 Å². The van der Waals surface area contributed by atoms with Crippen LogP contribution in [0.4, 0.5) is 5.69 Å². The molecule has 1 atom stereocenters. The van der Waals surface area contributed by atoms with Gasteiger partial charge in [0.25, 0.3) is 5.91 Å². The molecule has 6 nitrogen and oxygen atoms in total. The Bertz CT molecular complexity index is 1190. The maximum Gasteiger partial charge on any atom is 0.287 e. The van der Waals surface area contributed by atoms with Crippen LogP contribution in [0.3, 0.4) is 0 Å². The first-order chi connectivity index (χ1) is 15.3. The van der Waals surface area contributed by atoms with E-state index in [0.29, 0.717) is 37.5 Å². The van der Waals surface area contributed by atoms with Gasteiger partial charge in [0.05, 0.1) is 13.2 Å². The molecule has 1 fully saturated rings. The molecule has 166 valence electrons. The maximum atomic E-state index is 13.8. The molecule has 8 heteroatoms. The fourth-order valence-corrected chi connectivity index (χ4v) is 8.56. The lowest BCUT2D eigenvalue weighted by molar-refractivity contribution is -0.114. The summed E-state index contributed by atoms with van der Waals surface area (Å²) in [7, 11) is 2.00. The van der Waals surface area contributed by atoms with Crippen LogP contribution in [0, 0.1) is 0 Å². The lowest BCUT2D eigenvalue weighted by atomic mass is 9.83. The van der Waals surface area contributed by atoms with Crippen molar-refractivity contribution in [1.82, 2.24) is 4.67 Å². The number of allylic oxidation sites excluding steroid dienone is 1. The number of amides is 1. The molecule has 0 spiro atoms. The molecule has 3 aliphatic heterocycles. The van der Waals surface area contributed by atoms with Crippen LogP contribution in [0.1, 0.15) is 25.0 Å². The van der Waals surface area contributed by atoms with Crippen molar-refractivity contribution in [2.75, 3.05) is 38.3 Å². The SMILES string of the molecule is CN1/C(=C2\C(=O)N=C(c3ccccc3)OP2(=S)N2CCOCC2)C(C)(C)c2ccccc21. The van der Waals surface area contributed by atoms with E-state index >= 15 is 0 Å². The molecular weight excluding hydrogens is 441 g/mol. The highest BCUT2D eigenvalue weighted by molar-refractivity contribution is 8.13. The summed E-state index contributed by atoms with van der Waals surface area (Å²) in [4.78, 5) is 20.3. The van der Waals surface area contributed by atoms with Crippen LogP contribution in [0.5, 0.6) is 0 Å². The first-order valence-electron chi connectivity index (χ1n) is 10.7. The third-order valence-electron chi connectivity index (χ3n) is 6.37. The number of rotatable bonds is 2. The van der Waals surface area contributed by atoms with Crippen molar-refractivity contribution < 1.29 is 14.1 Å². The van der Waals surface area contributed by atoms with E-state index in [-0.39, 0.29) is 5.91 Å². The molecule has 0 saturated carbocycles. The first kappa shape index (κ1) is 21.5. The van der Waals surface area contributed by atoms with Crippen LogP contribution in [0.2, 0.25) is 0 Å². The van der Waals surface area contributed by atoms with Gasteiger partial charge in [-0.15, -0.1) is 0 Å². The van der Waals surface area contributed by atoms with Gasteiger partial charge in [-0.2, -0.15) is 4.99 Å². The second-order valence-electron chi connectivity index (χ2n) is 8.66. The van der Waals surface area contributed by atoms with E-state index in [1.54, 1.807) is 0 Å². The number of carbonyl (C=O) groups is 1. The molecule has 0 N–H and O–H groups in total. The fraction of sp³-hybridized carbons (Fsp3) is 0.333. The summed E-state index contributed by atoms with van der Waals surface area (Å²) >= 11 is 6.33. The Morgan fingerprint density at radius 3 is 2.38 bits per heavy atom. The van der Waals surface area contributed by atoms with E-state index in [0.717, 1.165) is 16.9 Å². The summed E-state index contributed by atoms with van der Waals surface area (Å²) in [6.07, 6.45) is -2.93. The number of carbonyl (C=O) groups excluding carboxylic acids is 1. The summed E-state index contributed by atoms with van der Waals surface area (Å²) in [5, 5.41) is 0.526. The van der Waals surface area contributed by atoms with Gasteiger partial charge in [-0.25, -0.2) is 4.67 Å². The molecular formula is C24H26N3O3PS. The minimum absolute atomic E-state index is 0.298. The van der Waals surface area contributed by atoms with Gasteiger partial charge in [0, 0.05) is 42.5 Å². The molecule has 3 heterocycles. The van der Waals surface area contributed by atoms with Gasteiger partial charge in [0.15, 0.2) is 0 Å². The third-order valence-corrected chi connectivity index (χ3v) is 10.4. The van der Waals surface area contributed by atoms with Crippen LogP contribution < -0.4 is 4.90 Å². The average Bonchev–Trinajstić information content (AvgIpc) is 3.01. The van der Waals surface area contributed by atoms with Gasteiger partial charge in [-0.1, -0.05) is 50.2 Å². The van der Waals surface area contributed by atoms with Crippen molar-refractivity contribution in [3.63, 3.8) is 0 Å². The number of likely N-dealkylation sites (N-methyl/N-ethyl adjacent to an activating group) is 1. The Hall–Kier alpha value is -2.31. The van der Waals surface area contributed by atoms with Gasteiger partial charge in [0.2, 0.25) is 12.3 Å². The van der Waals surface area contributed by atoms with Crippen molar-refractivity contribution >= 4 is 35.7 Å². The molecule has 1 saturated heterocycles. The predicted molar refractivity (Wildman–Crippen MR) is 131 cm³/mol. The number of aliphatic imine (C=N–C) groups is 1. The van der Waals surface area contributed by atoms with Crippen LogP contribution in [-0.2, 0) is 31.3 Å². The maximum absolute atomic E-state index is 13.8. The fourth-order valence-electron chi connectivity index (χ4n) is 4.82. The van der Waals surface area contributed by atoms with Gasteiger partial charge < -0.3 is 14.2 Å². The highest BCUT2D eigenvalue weighted by Gasteiger charge is 2.50. The molecule has 0 radical (unpaired) electrons. The summed E-state index contributed by atoms with van der Waals surface area (Å²) in [6, 6.07) is 17.8. The number of fused-ring (bicyclic) bond motifs is 1. The highest BCUT2D eigenvalue weighted by Crippen LogP contribution is 2.65. The van der Waals surface area contributed by atoms with Crippen molar-refractivity contribution in [3.8, 4) is 0 Å². The van der Waals surface area contributed by atoms with E-state index in [9.17, 15) is 4.79 Å². The largest absolute Gasteiger partial charge is 0.430 e. The number of para-hydroxylation sites is 1.